The predicted molar refractivity (Wildman–Crippen MR) is 192 cm³/mol. The Morgan fingerprint density at radius 3 is 1.85 bits per heavy atom. The lowest BCUT2D eigenvalue weighted by atomic mass is 10.0. The molecule has 47 heavy (non-hydrogen) atoms. The molecule has 0 aliphatic heterocycles. The summed E-state index contributed by atoms with van der Waals surface area (Å²) in [5.41, 5.74) is 8.14. The Morgan fingerprint density at radius 2 is 1.36 bits per heavy atom. The lowest BCUT2D eigenvalue weighted by molar-refractivity contribution is -0.230. The summed E-state index contributed by atoms with van der Waals surface area (Å²) < 4.78 is 54.7. The van der Waals surface area contributed by atoms with Crippen LogP contribution in [0, 0.1) is 0 Å². The molecule has 3 atom stereocenters. The minimum atomic E-state index is -3.80. The first-order valence-corrected chi connectivity index (χ1v) is 18.5. The first-order valence-electron chi connectivity index (χ1n) is 15.0. The molecule has 0 aliphatic carbocycles. The van der Waals surface area contributed by atoms with E-state index in [1.807, 2.05) is 55.5 Å². The molecule has 0 saturated heterocycles. The number of fused-ring (bicyclic) bond motifs is 2. The van der Waals surface area contributed by atoms with Crippen molar-refractivity contribution in [2.75, 3.05) is 5.75 Å². The average Bonchev–Trinajstić information content (AvgIpc) is 2.98. The van der Waals surface area contributed by atoms with Crippen molar-refractivity contribution in [3.8, 4) is 0 Å². The molecule has 258 valence electrons. The zero-order valence-electron chi connectivity index (χ0n) is 27.0. The maximum atomic E-state index is 13.8. The van der Waals surface area contributed by atoms with Gasteiger partial charge in [-0.1, -0.05) is 43.3 Å². The number of hydrogen-bond acceptors (Lipinski definition) is 9. The Hall–Kier alpha value is -2.87. The fourth-order valence-corrected chi connectivity index (χ4v) is 9.14. The fourth-order valence-electron chi connectivity index (χ4n) is 5.40. The number of sulfone groups is 2. The Morgan fingerprint density at radius 1 is 0.851 bits per heavy atom. The fraction of sp³-hybridized carbons (Fsp3) is 0.424. The second kappa shape index (κ2) is 17.0. The lowest BCUT2D eigenvalue weighted by Gasteiger charge is -2.34. The van der Waals surface area contributed by atoms with Crippen LogP contribution in [0.15, 0.2) is 73.1 Å². The van der Waals surface area contributed by atoms with Crippen LogP contribution < -0.4 is 5.73 Å². The number of aromatic nitrogens is 2. The molecule has 2 heterocycles. The van der Waals surface area contributed by atoms with Crippen LogP contribution in [0.4, 0.5) is 0 Å². The number of benzene rings is 2. The average molecular weight is 728 g/mol. The maximum Gasteiger partial charge on any atom is 0.233 e. The summed E-state index contributed by atoms with van der Waals surface area (Å²) in [6, 6.07) is 16.8. The Bertz CT molecular complexity index is 1850. The molecule has 0 bridgehead atoms. The molecule has 2 aromatic carbocycles. The third-order valence-electron chi connectivity index (χ3n) is 7.53. The lowest BCUT2D eigenvalue weighted by Crippen LogP contribution is -2.46. The van der Waals surface area contributed by atoms with Crippen molar-refractivity contribution in [1.82, 2.24) is 15.0 Å². The standard InChI is InChI=1S/C33H42N4O6S2.2ClH/c1-5-29(34)32(45(41,42)21-25-17-27-11-7-9-13-31(27)36-19-25)15-14-28(37(23-38)43-33(2,3)4)22-44(39,40)20-24-16-26-10-6-8-12-30(26)35-18-24;;/h6-13,16-19,23,28-29,32H,5,14-15,20-22,34H2,1-4H3;2*1H/t28-,29-,32?;;/m0../s1. The van der Waals surface area contributed by atoms with Gasteiger partial charge in [0.1, 0.15) is 0 Å². The highest BCUT2D eigenvalue weighted by Gasteiger charge is 2.35. The van der Waals surface area contributed by atoms with Crippen LogP contribution in [0.5, 0.6) is 0 Å². The molecule has 14 heteroatoms. The van der Waals surface area contributed by atoms with Crippen LogP contribution in [0.3, 0.4) is 0 Å². The molecule has 1 amide bonds. The van der Waals surface area contributed by atoms with Gasteiger partial charge < -0.3 is 5.73 Å². The number of hydroxylamine groups is 2. The molecule has 4 rings (SSSR count). The zero-order valence-corrected chi connectivity index (χ0v) is 30.2. The first kappa shape index (κ1) is 40.3. The third kappa shape index (κ3) is 11.4. The largest absolute Gasteiger partial charge is 0.327 e. The number of halogens is 2. The number of amides is 1. The van der Waals surface area contributed by atoms with Gasteiger partial charge in [0.2, 0.25) is 6.41 Å². The maximum absolute atomic E-state index is 13.8. The molecular formula is C33H44Cl2N4O6S2. The molecule has 4 aromatic rings. The van der Waals surface area contributed by atoms with Gasteiger partial charge in [-0.2, -0.15) is 0 Å². The number of nitrogens with two attached hydrogens (primary N) is 1. The Labute approximate surface area is 290 Å². The number of pyridine rings is 2. The van der Waals surface area contributed by atoms with E-state index in [2.05, 4.69) is 9.97 Å². The van der Waals surface area contributed by atoms with Gasteiger partial charge in [-0.15, -0.1) is 24.8 Å². The summed E-state index contributed by atoms with van der Waals surface area (Å²) in [7, 11) is -7.60. The molecule has 2 N–H and O–H groups in total. The number of para-hydroxylation sites is 2. The summed E-state index contributed by atoms with van der Waals surface area (Å²) >= 11 is 0. The molecule has 0 fully saturated rings. The molecule has 0 radical (unpaired) electrons. The molecule has 0 aliphatic rings. The second-order valence-corrected chi connectivity index (χ2v) is 16.8. The van der Waals surface area contributed by atoms with E-state index >= 15 is 0 Å². The Kier molecular flexibility index (Phi) is 14.6. The quantitative estimate of drug-likeness (QED) is 0.122. The van der Waals surface area contributed by atoms with Crippen LogP contribution >= 0.6 is 24.8 Å². The minimum Gasteiger partial charge on any atom is -0.327 e. The zero-order chi connectivity index (χ0) is 32.8. The van der Waals surface area contributed by atoms with Gasteiger partial charge in [-0.05, 0) is 75.4 Å². The SMILES string of the molecule is CC[C@H](N)C(CC[C@@H](CS(=O)(=O)Cc1cnc2ccccc2c1)N(C=O)OC(C)(C)C)S(=O)(=O)Cc1cnc2ccccc2c1.Cl.Cl. The van der Waals surface area contributed by atoms with Gasteiger partial charge >= 0.3 is 0 Å². The van der Waals surface area contributed by atoms with Crippen molar-refractivity contribution in [2.24, 2.45) is 5.73 Å². The van der Waals surface area contributed by atoms with E-state index in [1.54, 1.807) is 39.1 Å². The molecule has 2 aromatic heterocycles. The third-order valence-corrected chi connectivity index (χ3v) is 11.4. The van der Waals surface area contributed by atoms with Crippen molar-refractivity contribution in [2.45, 2.75) is 81.4 Å². The van der Waals surface area contributed by atoms with Gasteiger partial charge in [0.25, 0.3) is 0 Å². The van der Waals surface area contributed by atoms with E-state index in [0.29, 0.717) is 24.0 Å². The summed E-state index contributed by atoms with van der Waals surface area (Å²) in [5, 5.41) is 1.67. The predicted octanol–water partition coefficient (Wildman–Crippen LogP) is 5.60. The van der Waals surface area contributed by atoms with E-state index < -0.39 is 48.4 Å². The van der Waals surface area contributed by atoms with Crippen molar-refractivity contribution < 1.29 is 26.5 Å². The van der Waals surface area contributed by atoms with Crippen LogP contribution in [-0.4, -0.2) is 67.0 Å². The number of nitrogens with zero attached hydrogens (tertiary/aromatic N) is 3. The minimum absolute atomic E-state index is 0. The van der Waals surface area contributed by atoms with Gasteiger partial charge in [0.05, 0.1) is 45.2 Å². The summed E-state index contributed by atoms with van der Waals surface area (Å²) in [4.78, 5) is 26.8. The number of carbonyl (C=O) groups excluding carboxylic acids is 1. The first-order chi connectivity index (χ1) is 21.2. The highest BCUT2D eigenvalue weighted by Crippen LogP contribution is 2.25. The number of rotatable bonds is 15. The number of hydrogen-bond donors (Lipinski definition) is 1. The normalized spacial score (nSPS) is 14.1. The van der Waals surface area contributed by atoms with Gasteiger partial charge in [-0.25, -0.2) is 21.9 Å². The van der Waals surface area contributed by atoms with Crippen LogP contribution in [0.2, 0.25) is 0 Å². The molecule has 10 nitrogen and oxygen atoms in total. The van der Waals surface area contributed by atoms with Crippen LogP contribution in [-0.2, 0) is 40.8 Å². The van der Waals surface area contributed by atoms with E-state index in [9.17, 15) is 21.6 Å². The van der Waals surface area contributed by atoms with Gasteiger partial charge in [0, 0.05) is 29.2 Å². The highest BCUT2D eigenvalue weighted by molar-refractivity contribution is 7.91. The summed E-state index contributed by atoms with van der Waals surface area (Å²) in [6.45, 7) is 7.04. The Balaban J connectivity index is 0.00000384. The highest BCUT2D eigenvalue weighted by atomic mass is 35.5. The number of carbonyl (C=O) groups is 1. The van der Waals surface area contributed by atoms with Crippen molar-refractivity contribution in [3.63, 3.8) is 0 Å². The summed E-state index contributed by atoms with van der Waals surface area (Å²) in [5.74, 6) is -0.997. The topological polar surface area (TPSA) is 150 Å². The smallest absolute Gasteiger partial charge is 0.233 e. The van der Waals surface area contributed by atoms with Crippen molar-refractivity contribution >= 4 is 72.7 Å². The van der Waals surface area contributed by atoms with E-state index in [0.717, 1.165) is 26.9 Å². The monoisotopic (exact) mass is 726 g/mol. The van der Waals surface area contributed by atoms with Gasteiger partial charge in [0.15, 0.2) is 19.7 Å². The van der Waals surface area contributed by atoms with E-state index in [1.165, 1.54) is 6.20 Å². The van der Waals surface area contributed by atoms with E-state index in [4.69, 9.17) is 10.6 Å². The molecule has 0 saturated carbocycles. The molecular weight excluding hydrogens is 683 g/mol. The van der Waals surface area contributed by atoms with Crippen molar-refractivity contribution in [1.29, 1.82) is 0 Å². The van der Waals surface area contributed by atoms with E-state index in [-0.39, 0.29) is 49.2 Å². The van der Waals surface area contributed by atoms with Gasteiger partial charge in [-0.3, -0.25) is 19.6 Å². The molecule has 0 spiro atoms. The van der Waals surface area contributed by atoms with Crippen molar-refractivity contribution in [3.05, 3.63) is 84.2 Å². The summed E-state index contributed by atoms with van der Waals surface area (Å²) in [6.07, 6.45) is 4.01. The molecule has 1 unspecified atom stereocenters. The second-order valence-electron chi connectivity index (χ2n) is 12.4. The van der Waals surface area contributed by atoms with Crippen LogP contribution in [0.1, 0.15) is 58.1 Å². The van der Waals surface area contributed by atoms with Crippen LogP contribution in [0.25, 0.3) is 21.8 Å².